The van der Waals surface area contributed by atoms with Gasteiger partial charge < -0.3 is 9.84 Å². The zero-order chi connectivity index (χ0) is 21.1. The van der Waals surface area contributed by atoms with Crippen molar-refractivity contribution in [3.63, 3.8) is 0 Å². The first-order chi connectivity index (χ1) is 14.4. The van der Waals surface area contributed by atoms with Crippen LogP contribution in [0.1, 0.15) is 43.0 Å². The Balaban J connectivity index is 1.85. The zero-order valence-corrected chi connectivity index (χ0v) is 18.0. The monoisotopic (exact) mass is 399 g/mol. The Morgan fingerprint density at radius 3 is 1.80 bits per heavy atom. The lowest BCUT2D eigenvalue weighted by molar-refractivity contribution is -0.0997. The molecule has 1 unspecified atom stereocenters. The fraction of sp³-hybridized carbons (Fsp3) is 0.333. The molecule has 0 amide bonds. The number of hydrogen-bond acceptors (Lipinski definition) is 3. The summed E-state index contributed by atoms with van der Waals surface area (Å²) in [6.45, 7) is 6.74. The first-order valence-corrected chi connectivity index (χ1v) is 10.6. The summed E-state index contributed by atoms with van der Waals surface area (Å²) in [5.74, 6) is 0. The van der Waals surface area contributed by atoms with E-state index in [9.17, 15) is 5.11 Å². The minimum atomic E-state index is -1.10. The normalized spacial score (nSPS) is 32.2. The van der Waals surface area contributed by atoms with Gasteiger partial charge in [-0.1, -0.05) is 106 Å². The lowest BCUT2D eigenvalue weighted by Crippen LogP contribution is -2.51. The van der Waals surface area contributed by atoms with Gasteiger partial charge in [-0.2, -0.15) is 0 Å². The van der Waals surface area contributed by atoms with E-state index >= 15 is 0 Å². The number of rotatable bonds is 3. The molecule has 2 aliphatic heterocycles. The van der Waals surface area contributed by atoms with Gasteiger partial charge in [0.25, 0.3) is 0 Å². The molecule has 1 fully saturated rings. The highest BCUT2D eigenvalue weighted by molar-refractivity contribution is 5.56. The molecule has 0 spiro atoms. The third-order valence-electron chi connectivity index (χ3n) is 6.86. The molecule has 0 bridgehead atoms. The molecule has 0 saturated carbocycles. The predicted octanol–water partition coefficient (Wildman–Crippen LogP) is 4.88. The second-order valence-electron chi connectivity index (χ2n) is 9.56. The number of hydrogen-bond donors (Lipinski definition) is 1. The van der Waals surface area contributed by atoms with Gasteiger partial charge in [0.05, 0.1) is 6.04 Å². The smallest absolute Gasteiger partial charge is 0.174 e. The standard InChI is InChI=1S/C27H29NO2/c1-25(2,3)23-24-26(29,19-13-7-5-8-14-19)21-17-11-12-18-22(21)27(30-4,28(23)24)20-15-9-6-10-16-20/h5-18,23-24,29H,1-4H3/t23-,24-,26-,27-,28?/m0/s1. The van der Waals surface area contributed by atoms with Gasteiger partial charge in [0.1, 0.15) is 5.60 Å². The minimum absolute atomic E-state index is 0.0337. The molecule has 5 rings (SSSR count). The van der Waals surface area contributed by atoms with Crippen molar-refractivity contribution in [1.82, 2.24) is 4.90 Å². The number of fused-ring (bicyclic) bond motifs is 2. The summed E-state index contributed by atoms with van der Waals surface area (Å²) in [5.41, 5.74) is 2.08. The second-order valence-corrected chi connectivity index (χ2v) is 9.56. The van der Waals surface area contributed by atoms with E-state index < -0.39 is 11.3 Å². The zero-order valence-electron chi connectivity index (χ0n) is 18.0. The number of methoxy groups -OCH3 is 1. The van der Waals surface area contributed by atoms with Crippen molar-refractivity contribution >= 4 is 0 Å². The Morgan fingerprint density at radius 2 is 1.27 bits per heavy atom. The molecule has 1 saturated heterocycles. The summed E-state index contributed by atoms with van der Waals surface area (Å²) < 4.78 is 6.41. The molecular formula is C27H29NO2. The van der Waals surface area contributed by atoms with E-state index in [0.717, 1.165) is 22.3 Å². The Morgan fingerprint density at radius 1 is 0.767 bits per heavy atom. The average molecular weight is 400 g/mol. The summed E-state index contributed by atoms with van der Waals surface area (Å²) in [4.78, 5) is 2.39. The number of nitrogens with zero attached hydrogens (tertiary/aromatic N) is 1. The van der Waals surface area contributed by atoms with E-state index in [1.54, 1.807) is 7.11 Å². The summed E-state index contributed by atoms with van der Waals surface area (Å²) in [6, 6.07) is 28.8. The van der Waals surface area contributed by atoms with Crippen LogP contribution in [0.5, 0.6) is 0 Å². The average Bonchev–Trinajstić information content (AvgIpc) is 3.54. The summed E-state index contributed by atoms with van der Waals surface area (Å²) in [7, 11) is 1.78. The number of aliphatic hydroxyl groups is 1. The van der Waals surface area contributed by atoms with Crippen LogP contribution in [-0.2, 0) is 16.1 Å². The van der Waals surface area contributed by atoms with Crippen molar-refractivity contribution in [1.29, 1.82) is 0 Å². The summed E-state index contributed by atoms with van der Waals surface area (Å²) in [6.07, 6.45) is 0. The van der Waals surface area contributed by atoms with Gasteiger partial charge in [-0.15, -0.1) is 0 Å². The van der Waals surface area contributed by atoms with E-state index in [4.69, 9.17) is 4.74 Å². The van der Waals surface area contributed by atoms with Gasteiger partial charge in [-0.25, -0.2) is 0 Å². The molecule has 3 aromatic rings. The van der Waals surface area contributed by atoms with Crippen LogP contribution < -0.4 is 0 Å². The molecule has 5 atom stereocenters. The molecule has 30 heavy (non-hydrogen) atoms. The molecular weight excluding hydrogens is 370 g/mol. The van der Waals surface area contributed by atoms with Gasteiger partial charge in [-0.3, -0.25) is 4.90 Å². The van der Waals surface area contributed by atoms with E-state index in [-0.39, 0.29) is 17.5 Å². The molecule has 0 aromatic heterocycles. The fourth-order valence-electron chi connectivity index (χ4n) is 5.67. The van der Waals surface area contributed by atoms with Crippen LogP contribution in [0.25, 0.3) is 0 Å². The second kappa shape index (κ2) is 6.52. The first-order valence-electron chi connectivity index (χ1n) is 10.6. The van der Waals surface area contributed by atoms with Crippen molar-refractivity contribution in [3.05, 3.63) is 107 Å². The molecule has 3 aromatic carbocycles. The van der Waals surface area contributed by atoms with Crippen LogP contribution in [-0.4, -0.2) is 29.2 Å². The minimum Gasteiger partial charge on any atom is -0.379 e. The Hall–Kier alpha value is -2.46. The number of benzene rings is 3. The summed E-state index contributed by atoms with van der Waals surface area (Å²) >= 11 is 0. The lowest BCUT2D eigenvalue weighted by atomic mass is 9.73. The van der Waals surface area contributed by atoms with Gasteiger partial charge in [0.15, 0.2) is 5.72 Å². The predicted molar refractivity (Wildman–Crippen MR) is 119 cm³/mol. The molecule has 0 aliphatic carbocycles. The maximum Gasteiger partial charge on any atom is 0.174 e. The molecule has 0 radical (unpaired) electrons. The van der Waals surface area contributed by atoms with Gasteiger partial charge in [0.2, 0.25) is 0 Å². The molecule has 1 N–H and O–H groups in total. The van der Waals surface area contributed by atoms with E-state index in [2.05, 4.69) is 62.1 Å². The molecule has 2 aliphatic rings. The highest BCUT2D eigenvalue weighted by atomic mass is 16.5. The Labute approximate surface area is 178 Å². The molecule has 3 nitrogen and oxygen atoms in total. The van der Waals surface area contributed by atoms with E-state index in [1.165, 1.54) is 0 Å². The van der Waals surface area contributed by atoms with Crippen LogP contribution in [0.15, 0.2) is 84.9 Å². The SMILES string of the molecule is CO[C@@]1(c2ccccc2)c2ccccc2[C@@](O)(c2ccccc2)[C@@H]2[C@@H](C(C)(C)C)N21. The largest absolute Gasteiger partial charge is 0.379 e. The molecule has 2 heterocycles. The maximum atomic E-state index is 12.4. The van der Waals surface area contributed by atoms with E-state index in [1.807, 2.05) is 48.5 Å². The lowest BCUT2D eigenvalue weighted by Gasteiger charge is -2.45. The highest BCUT2D eigenvalue weighted by Gasteiger charge is 2.74. The fourth-order valence-corrected chi connectivity index (χ4v) is 5.67. The van der Waals surface area contributed by atoms with Gasteiger partial charge in [-0.05, 0) is 16.5 Å². The molecule has 154 valence electrons. The third kappa shape index (κ3) is 2.43. The van der Waals surface area contributed by atoms with Crippen LogP contribution in [0, 0.1) is 5.41 Å². The van der Waals surface area contributed by atoms with Crippen molar-refractivity contribution < 1.29 is 9.84 Å². The van der Waals surface area contributed by atoms with Crippen molar-refractivity contribution in [3.8, 4) is 0 Å². The Bertz CT molecular complexity index is 1060. The van der Waals surface area contributed by atoms with Crippen molar-refractivity contribution in [2.75, 3.05) is 7.11 Å². The van der Waals surface area contributed by atoms with Crippen LogP contribution in [0.4, 0.5) is 0 Å². The Kier molecular flexibility index (Phi) is 4.24. The van der Waals surface area contributed by atoms with Gasteiger partial charge in [0, 0.05) is 24.3 Å². The first kappa shape index (κ1) is 19.5. The molecule has 3 heteroatoms. The third-order valence-corrected chi connectivity index (χ3v) is 6.86. The maximum absolute atomic E-state index is 12.4. The van der Waals surface area contributed by atoms with Crippen LogP contribution in [0.3, 0.4) is 0 Å². The van der Waals surface area contributed by atoms with Crippen LogP contribution >= 0.6 is 0 Å². The van der Waals surface area contributed by atoms with Crippen molar-refractivity contribution in [2.45, 2.75) is 44.2 Å². The highest BCUT2D eigenvalue weighted by Crippen LogP contribution is 2.64. The summed E-state index contributed by atoms with van der Waals surface area (Å²) in [5, 5.41) is 12.4. The van der Waals surface area contributed by atoms with Crippen molar-refractivity contribution in [2.24, 2.45) is 5.41 Å². The van der Waals surface area contributed by atoms with E-state index in [0.29, 0.717) is 0 Å². The number of ether oxygens (including phenoxy) is 1. The van der Waals surface area contributed by atoms with Crippen LogP contribution in [0.2, 0.25) is 0 Å². The quantitative estimate of drug-likeness (QED) is 0.637. The van der Waals surface area contributed by atoms with Gasteiger partial charge >= 0.3 is 0 Å². The topological polar surface area (TPSA) is 32.5 Å².